The third-order valence-electron chi connectivity index (χ3n) is 4.34. The molecular formula is C18H24N4O7. The summed E-state index contributed by atoms with van der Waals surface area (Å²) in [6.07, 6.45) is -2.94. The Labute approximate surface area is 167 Å². The van der Waals surface area contributed by atoms with Crippen molar-refractivity contribution in [3.8, 4) is 6.07 Å². The zero-order valence-electron chi connectivity index (χ0n) is 16.6. The third-order valence-corrected chi connectivity index (χ3v) is 4.34. The van der Waals surface area contributed by atoms with Gasteiger partial charge in [0.2, 0.25) is 6.10 Å². The second-order valence-electron chi connectivity index (χ2n) is 7.22. The van der Waals surface area contributed by atoms with Gasteiger partial charge in [-0.25, -0.2) is 4.79 Å². The van der Waals surface area contributed by atoms with Gasteiger partial charge >= 0.3 is 17.6 Å². The lowest BCUT2D eigenvalue weighted by Gasteiger charge is -2.30. The molecule has 1 saturated heterocycles. The van der Waals surface area contributed by atoms with Crippen LogP contribution in [0.5, 0.6) is 0 Å². The molecule has 1 fully saturated rings. The van der Waals surface area contributed by atoms with Crippen LogP contribution in [0.3, 0.4) is 0 Å². The average Bonchev–Trinajstić information content (AvgIpc) is 2.95. The van der Waals surface area contributed by atoms with E-state index >= 15 is 0 Å². The van der Waals surface area contributed by atoms with Crippen molar-refractivity contribution >= 4 is 17.8 Å². The van der Waals surface area contributed by atoms with Crippen LogP contribution in [0.1, 0.15) is 27.7 Å². The van der Waals surface area contributed by atoms with Crippen molar-refractivity contribution in [3.05, 3.63) is 22.7 Å². The van der Waals surface area contributed by atoms with E-state index in [2.05, 4.69) is 4.98 Å². The number of carbonyl (C=O) groups is 2. The molecule has 2 heterocycles. The fraction of sp³-hybridized carbons (Fsp3) is 0.611. The monoisotopic (exact) mass is 408 g/mol. The average molecular weight is 408 g/mol. The van der Waals surface area contributed by atoms with Gasteiger partial charge < -0.3 is 25.1 Å². The molecule has 29 heavy (non-hydrogen) atoms. The molecule has 3 N–H and O–H groups in total. The normalized spacial score (nSPS) is 26.3. The molecule has 0 aromatic carbocycles. The maximum Gasteiger partial charge on any atom is 0.352 e. The first-order valence-corrected chi connectivity index (χ1v) is 9.04. The van der Waals surface area contributed by atoms with Gasteiger partial charge in [0.15, 0.2) is 6.10 Å². The summed E-state index contributed by atoms with van der Waals surface area (Å²) < 4.78 is 17.3. The summed E-state index contributed by atoms with van der Waals surface area (Å²) in [5.74, 6) is -2.57. The largest absolute Gasteiger partial charge is 0.455 e. The number of nitrogen functional groups attached to an aromatic ring is 1. The van der Waals surface area contributed by atoms with Crippen LogP contribution < -0.4 is 11.4 Å². The Hall–Kier alpha value is -2.97. The van der Waals surface area contributed by atoms with E-state index in [0.29, 0.717) is 0 Å². The summed E-state index contributed by atoms with van der Waals surface area (Å²) in [7, 11) is 0. The molecule has 11 nitrogen and oxygen atoms in total. The molecule has 1 aliphatic heterocycles. The fourth-order valence-corrected chi connectivity index (χ4v) is 2.75. The number of aromatic nitrogens is 2. The van der Waals surface area contributed by atoms with E-state index in [1.807, 2.05) is 6.07 Å². The van der Waals surface area contributed by atoms with E-state index in [9.17, 15) is 24.8 Å². The second-order valence-corrected chi connectivity index (χ2v) is 7.22. The molecule has 2 rings (SSSR count). The van der Waals surface area contributed by atoms with Crippen LogP contribution in [0.15, 0.2) is 17.1 Å². The van der Waals surface area contributed by atoms with Crippen LogP contribution in [-0.4, -0.2) is 51.5 Å². The van der Waals surface area contributed by atoms with Crippen molar-refractivity contribution in [1.82, 2.24) is 9.55 Å². The number of hydrogen-bond acceptors (Lipinski definition) is 10. The molecule has 0 bridgehead atoms. The van der Waals surface area contributed by atoms with Gasteiger partial charge in [-0.1, -0.05) is 27.7 Å². The Morgan fingerprint density at radius 2 is 1.93 bits per heavy atom. The van der Waals surface area contributed by atoms with E-state index < -0.39 is 60.1 Å². The van der Waals surface area contributed by atoms with E-state index in [1.165, 1.54) is 6.07 Å². The van der Waals surface area contributed by atoms with Crippen molar-refractivity contribution < 1.29 is 28.9 Å². The van der Waals surface area contributed by atoms with Gasteiger partial charge in [-0.2, -0.15) is 10.2 Å². The Bertz CT molecular complexity index is 876. The topological polar surface area (TPSA) is 167 Å². The maximum absolute atomic E-state index is 12.4. The van der Waals surface area contributed by atoms with Crippen LogP contribution >= 0.6 is 0 Å². The summed E-state index contributed by atoms with van der Waals surface area (Å²) in [6.45, 7) is 5.66. The predicted molar refractivity (Wildman–Crippen MR) is 97.9 cm³/mol. The van der Waals surface area contributed by atoms with Crippen LogP contribution in [0.25, 0.3) is 0 Å². The first-order valence-electron chi connectivity index (χ1n) is 9.04. The van der Waals surface area contributed by atoms with Gasteiger partial charge in [0.05, 0.1) is 18.4 Å². The number of hydrogen-bond donors (Lipinski definition) is 2. The lowest BCUT2D eigenvalue weighted by molar-refractivity contribution is -0.177. The quantitative estimate of drug-likeness (QED) is 0.587. The van der Waals surface area contributed by atoms with Gasteiger partial charge in [0, 0.05) is 6.20 Å². The number of carbonyl (C=O) groups excluding carboxylic acids is 2. The molecule has 1 aliphatic rings. The highest BCUT2D eigenvalue weighted by atomic mass is 16.7. The highest BCUT2D eigenvalue weighted by molar-refractivity contribution is 5.73. The van der Waals surface area contributed by atoms with Gasteiger partial charge in [-0.05, 0) is 6.07 Å². The predicted octanol–water partition coefficient (Wildman–Crippen LogP) is -0.471. The van der Waals surface area contributed by atoms with Crippen LogP contribution in [0.2, 0.25) is 0 Å². The third kappa shape index (κ3) is 4.23. The molecule has 1 aromatic rings. The smallest absolute Gasteiger partial charge is 0.352 e. The van der Waals surface area contributed by atoms with Crippen molar-refractivity contribution in [2.45, 2.75) is 51.7 Å². The van der Waals surface area contributed by atoms with Crippen molar-refractivity contribution in [2.75, 3.05) is 12.3 Å². The first kappa shape index (κ1) is 22.3. The van der Waals surface area contributed by atoms with Crippen LogP contribution in [-0.2, 0) is 29.5 Å². The lowest BCUT2D eigenvalue weighted by Crippen LogP contribution is -2.52. The van der Waals surface area contributed by atoms with Crippen molar-refractivity contribution in [2.24, 2.45) is 11.8 Å². The summed E-state index contributed by atoms with van der Waals surface area (Å²) in [6, 6.07) is 3.08. The minimum absolute atomic E-state index is 0.0884. The molecule has 0 saturated carbocycles. The van der Waals surface area contributed by atoms with Gasteiger partial charge in [-0.15, -0.1) is 0 Å². The number of ether oxygens (including phenoxy) is 3. The summed E-state index contributed by atoms with van der Waals surface area (Å²) >= 11 is 0. The van der Waals surface area contributed by atoms with Gasteiger partial charge in [0.1, 0.15) is 18.0 Å². The molecule has 0 radical (unpaired) electrons. The maximum atomic E-state index is 12.4. The van der Waals surface area contributed by atoms with Crippen molar-refractivity contribution in [3.63, 3.8) is 0 Å². The Balaban J connectivity index is 2.63. The molecular weight excluding hydrogens is 384 g/mol. The number of aliphatic hydroxyl groups excluding tert-OH is 1. The Kier molecular flexibility index (Phi) is 6.61. The Morgan fingerprint density at radius 1 is 1.34 bits per heavy atom. The molecule has 1 aromatic heterocycles. The van der Waals surface area contributed by atoms with E-state index in [0.717, 1.165) is 10.8 Å². The molecule has 11 heteroatoms. The van der Waals surface area contributed by atoms with Crippen molar-refractivity contribution in [1.29, 1.82) is 5.26 Å². The van der Waals surface area contributed by atoms with Crippen LogP contribution in [0, 0.1) is 23.2 Å². The number of nitrogens with two attached hydrogens (primary N) is 1. The molecule has 0 spiro atoms. The zero-order chi connectivity index (χ0) is 21.9. The van der Waals surface area contributed by atoms with Crippen LogP contribution in [0.4, 0.5) is 5.82 Å². The zero-order valence-corrected chi connectivity index (χ0v) is 16.6. The number of rotatable bonds is 6. The number of aliphatic hydroxyl groups is 1. The number of esters is 2. The van der Waals surface area contributed by atoms with E-state index in [1.54, 1.807) is 27.7 Å². The molecule has 4 atom stereocenters. The van der Waals surface area contributed by atoms with E-state index in [-0.39, 0.29) is 5.82 Å². The summed E-state index contributed by atoms with van der Waals surface area (Å²) in [4.78, 5) is 40.5. The second kappa shape index (κ2) is 8.59. The number of nitrogens with zero attached hydrogens (tertiary/aromatic N) is 3. The molecule has 0 amide bonds. The minimum Gasteiger partial charge on any atom is -0.455 e. The Morgan fingerprint density at radius 3 is 2.41 bits per heavy atom. The molecule has 158 valence electrons. The molecule has 4 unspecified atom stereocenters. The highest BCUT2D eigenvalue weighted by Crippen LogP contribution is 2.39. The first-order chi connectivity index (χ1) is 13.6. The molecule has 0 aliphatic carbocycles. The van der Waals surface area contributed by atoms with Gasteiger partial charge in [0.25, 0.3) is 5.72 Å². The summed E-state index contributed by atoms with van der Waals surface area (Å²) in [5.41, 5.74) is 2.34. The fourth-order valence-electron chi connectivity index (χ4n) is 2.75. The van der Waals surface area contributed by atoms with Gasteiger partial charge in [-0.3, -0.25) is 14.2 Å². The number of nitriles is 1. The lowest BCUT2D eigenvalue weighted by atomic mass is 10.0. The SMILES string of the molecule is CC(C)C(=O)OC1C(CO)OC(C#N)(n2ccc(N)nc2=O)C1OC(=O)C(C)C. The van der Waals surface area contributed by atoms with E-state index in [4.69, 9.17) is 19.9 Å². The highest BCUT2D eigenvalue weighted by Gasteiger charge is 2.62. The standard InChI is InChI=1S/C18H24N4O7/c1-9(2)15(24)27-13-11(7-23)29-18(8-19,14(13)28-16(25)10(3)4)22-6-5-12(20)21-17(22)26/h5-6,9-11,13-14,23H,7H2,1-4H3,(H2,20,21,26). The number of anilines is 1. The minimum atomic E-state index is -2.22. The summed E-state index contributed by atoms with van der Waals surface area (Å²) in [5, 5.41) is 19.7.